The molecule has 122 valence electrons. The van der Waals surface area contributed by atoms with Crippen LogP contribution in [0.25, 0.3) is 0 Å². The molecule has 0 unspecified atom stereocenters. The largest absolute Gasteiger partial charge is 0.379 e. The standard InChI is InChI=1S/C15H21FN2O3S/c16-14-3-1-4-15-13(14)5-7-18(15)22(19,20)12-2-6-17-8-10-21-11-9-17/h1,3-4H,2,5-12H2. The molecule has 7 heteroatoms. The number of nitrogens with zero attached hydrogens (tertiary/aromatic N) is 2. The van der Waals surface area contributed by atoms with Crippen molar-refractivity contribution in [3.63, 3.8) is 0 Å². The van der Waals surface area contributed by atoms with E-state index < -0.39 is 10.0 Å². The van der Waals surface area contributed by atoms with Crippen molar-refractivity contribution in [3.8, 4) is 0 Å². The van der Waals surface area contributed by atoms with Crippen molar-refractivity contribution in [2.24, 2.45) is 0 Å². The minimum Gasteiger partial charge on any atom is -0.379 e. The van der Waals surface area contributed by atoms with E-state index in [-0.39, 0.29) is 11.6 Å². The first kappa shape index (κ1) is 15.7. The highest BCUT2D eigenvalue weighted by molar-refractivity contribution is 7.92. The Hall–Kier alpha value is -1.18. The molecule has 0 atom stereocenters. The summed E-state index contributed by atoms with van der Waals surface area (Å²) in [5.41, 5.74) is 1.02. The van der Waals surface area contributed by atoms with Crippen molar-refractivity contribution in [1.29, 1.82) is 0 Å². The van der Waals surface area contributed by atoms with Crippen LogP contribution < -0.4 is 4.31 Å². The third kappa shape index (κ3) is 3.26. The molecule has 1 aromatic rings. The number of anilines is 1. The second kappa shape index (κ2) is 6.52. The SMILES string of the molecule is O=S(=O)(CCCN1CCOCC1)N1CCc2c(F)cccc21. The molecule has 0 N–H and O–H groups in total. The van der Waals surface area contributed by atoms with Crippen LogP contribution in [0.3, 0.4) is 0 Å². The first-order valence-electron chi connectivity index (χ1n) is 7.66. The number of halogens is 1. The van der Waals surface area contributed by atoms with Crippen molar-refractivity contribution in [3.05, 3.63) is 29.6 Å². The zero-order valence-electron chi connectivity index (χ0n) is 12.5. The Morgan fingerprint density at radius 3 is 2.73 bits per heavy atom. The van der Waals surface area contributed by atoms with E-state index in [9.17, 15) is 12.8 Å². The average molecular weight is 328 g/mol. The molecule has 2 aliphatic heterocycles. The normalized spacial score (nSPS) is 19.4. The highest BCUT2D eigenvalue weighted by Crippen LogP contribution is 2.32. The highest BCUT2D eigenvalue weighted by Gasteiger charge is 2.30. The molecule has 2 heterocycles. The van der Waals surface area contributed by atoms with Crippen LogP contribution in [0, 0.1) is 5.82 Å². The van der Waals surface area contributed by atoms with Crippen molar-refractivity contribution >= 4 is 15.7 Å². The Kier molecular flexibility index (Phi) is 4.65. The maximum atomic E-state index is 13.7. The summed E-state index contributed by atoms with van der Waals surface area (Å²) in [6.07, 6.45) is 1.04. The highest BCUT2D eigenvalue weighted by atomic mass is 32.2. The Balaban J connectivity index is 1.61. The summed E-state index contributed by atoms with van der Waals surface area (Å²) in [7, 11) is -3.38. The average Bonchev–Trinajstić information content (AvgIpc) is 2.94. The summed E-state index contributed by atoms with van der Waals surface area (Å²) in [6, 6.07) is 4.63. The number of hydrogen-bond acceptors (Lipinski definition) is 4. The van der Waals surface area contributed by atoms with Crippen LogP contribution >= 0.6 is 0 Å². The fraction of sp³-hybridized carbons (Fsp3) is 0.600. The minimum absolute atomic E-state index is 0.0975. The number of morpholine rings is 1. The van der Waals surface area contributed by atoms with Crippen LogP contribution in [-0.2, 0) is 21.2 Å². The van der Waals surface area contributed by atoms with Crippen molar-refractivity contribution in [2.75, 3.05) is 49.5 Å². The Morgan fingerprint density at radius 1 is 1.18 bits per heavy atom. The van der Waals surface area contributed by atoms with Gasteiger partial charge in [0, 0.05) is 25.2 Å². The lowest BCUT2D eigenvalue weighted by Gasteiger charge is -2.27. The lowest BCUT2D eigenvalue weighted by Crippen LogP contribution is -2.38. The molecule has 22 heavy (non-hydrogen) atoms. The zero-order valence-corrected chi connectivity index (χ0v) is 13.3. The van der Waals surface area contributed by atoms with E-state index in [1.165, 1.54) is 10.4 Å². The van der Waals surface area contributed by atoms with Gasteiger partial charge in [-0.05, 0) is 31.5 Å². The van der Waals surface area contributed by atoms with Gasteiger partial charge in [-0.15, -0.1) is 0 Å². The summed E-state index contributed by atoms with van der Waals surface area (Å²) in [5, 5.41) is 0. The van der Waals surface area contributed by atoms with E-state index >= 15 is 0 Å². The van der Waals surface area contributed by atoms with E-state index in [1.807, 2.05) is 0 Å². The van der Waals surface area contributed by atoms with Crippen LogP contribution in [0.1, 0.15) is 12.0 Å². The van der Waals surface area contributed by atoms with Gasteiger partial charge in [-0.3, -0.25) is 9.21 Å². The maximum absolute atomic E-state index is 13.7. The molecule has 1 fully saturated rings. The summed E-state index contributed by atoms with van der Waals surface area (Å²) in [5.74, 6) is -0.219. The lowest BCUT2D eigenvalue weighted by molar-refractivity contribution is 0.0381. The van der Waals surface area contributed by atoms with Crippen molar-refractivity contribution in [2.45, 2.75) is 12.8 Å². The molecule has 1 aromatic carbocycles. The molecule has 0 bridgehead atoms. The Morgan fingerprint density at radius 2 is 1.95 bits per heavy atom. The summed E-state index contributed by atoms with van der Waals surface area (Å²) in [4.78, 5) is 2.22. The third-order valence-electron chi connectivity index (χ3n) is 4.24. The summed E-state index contributed by atoms with van der Waals surface area (Å²) < 4.78 is 45.4. The second-order valence-corrected chi connectivity index (χ2v) is 7.70. The van der Waals surface area contributed by atoms with Gasteiger partial charge in [0.05, 0.1) is 24.7 Å². The van der Waals surface area contributed by atoms with Gasteiger partial charge in [0.2, 0.25) is 10.0 Å². The fourth-order valence-electron chi connectivity index (χ4n) is 3.06. The number of rotatable bonds is 5. The second-order valence-electron chi connectivity index (χ2n) is 5.68. The maximum Gasteiger partial charge on any atom is 0.235 e. The Bertz CT molecular complexity index is 630. The van der Waals surface area contributed by atoms with Gasteiger partial charge in [0.25, 0.3) is 0 Å². The monoisotopic (exact) mass is 328 g/mol. The van der Waals surface area contributed by atoms with Crippen molar-refractivity contribution < 1.29 is 17.5 Å². The predicted octanol–water partition coefficient (Wildman–Crippen LogP) is 1.24. The molecule has 0 radical (unpaired) electrons. The van der Waals surface area contributed by atoms with Gasteiger partial charge in [0.15, 0.2) is 0 Å². The van der Waals surface area contributed by atoms with Crippen LogP contribution in [0.2, 0.25) is 0 Å². The molecule has 3 rings (SSSR count). The molecule has 0 saturated carbocycles. The van der Waals surface area contributed by atoms with Crippen LogP contribution in [0.4, 0.5) is 10.1 Å². The molecule has 0 spiro atoms. The fourth-order valence-corrected chi connectivity index (χ4v) is 4.61. The molecular formula is C15H21FN2O3S. The summed E-state index contributed by atoms with van der Waals surface area (Å²) >= 11 is 0. The predicted molar refractivity (Wildman–Crippen MR) is 83.1 cm³/mol. The summed E-state index contributed by atoms with van der Waals surface area (Å²) in [6.45, 7) is 4.25. The van der Waals surface area contributed by atoms with Crippen LogP contribution in [-0.4, -0.2) is 58.5 Å². The van der Waals surface area contributed by atoms with E-state index in [1.54, 1.807) is 12.1 Å². The van der Waals surface area contributed by atoms with Gasteiger partial charge in [-0.2, -0.15) is 0 Å². The van der Waals surface area contributed by atoms with Gasteiger partial charge in [-0.25, -0.2) is 12.8 Å². The van der Waals surface area contributed by atoms with Gasteiger partial charge < -0.3 is 4.74 Å². The van der Waals surface area contributed by atoms with Gasteiger partial charge >= 0.3 is 0 Å². The minimum atomic E-state index is -3.38. The number of ether oxygens (including phenoxy) is 1. The first-order chi connectivity index (χ1) is 10.6. The molecule has 0 aliphatic carbocycles. The van der Waals surface area contributed by atoms with E-state index in [0.717, 1.165) is 19.6 Å². The molecule has 5 nitrogen and oxygen atoms in total. The molecule has 0 amide bonds. The number of benzene rings is 1. The quantitative estimate of drug-likeness (QED) is 0.816. The first-order valence-corrected chi connectivity index (χ1v) is 9.27. The third-order valence-corrected chi connectivity index (χ3v) is 6.10. The van der Waals surface area contributed by atoms with E-state index in [4.69, 9.17) is 4.74 Å². The smallest absolute Gasteiger partial charge is 0.235 e. The number of hydrogen-bond donors (Lipinski definition) is 0. The lowest BCUT2D eigenvalue weighted by atomic mass is 10.1. The molecule has 1 saturated heterocycles. The van der Waals surface area contributed by atoms with E-state index in [0.29, 0.717) is 43.9 Å². The van der Waals surface area contributed by atoms with Crippen LogP contribution in [0.5, 0.6) is 0 Å². The topological polar surface area (TPSA) is 49.9 Å². The molecular weight excluding hydrogens is 307 g/mol. The number of sulfonamides is 1. The van der Waals surface area contributed by atoms with Crippen LogP contribution in [0.15, 0.2) is 18.2 Å². The molecule has 2 aliphatic rings. The molecule has 0 aromatic heterocycles. The Labute approximate surface area is 130 Å². The zero-order chi connectivity index (χ0) is 15.6. The van der Waals surface area contributed by atoms with Crippen molar-refractivity contribution in [1.82, 2.24) is 4.90 Å². The van der Waals surface area contributed by atoms with E-state index in [2.05, 4.69) is 4.90 Å². The van der Waals surface area contributed by atoms with Gasteiger partial charge in [-0.1, -0.05) is 6.07 Å². The van der Waals surface area contributed by atoms with Gasteiger partial charge in [0.1, 0.15) is 5.82 Å². The number of fused-ring (bicyclic) bond motifs is 1.